The number of halogens is 1. The van der Waals surface area contributed by atoms with E-state index >= 15 is 0 Å². The van der Waals surface area contributed by atoms with Gasteiger partial charge in [-0.25, -0.2) is 8.42 Å². The molecule has 0 bridgehead atoms. The molecule has 6 nitrogen and oxygen atoms in total. The molecule has 2 aromatic carbocycles. The topological polar surface area (TPSA) is 75.7 Å². The molecule has 0 unspecified atom stereocenters. The number of para-hydroxylation sites is 2. The Kier molecular flexibility index (Phi) is 6.82. The lowest BCUT2D eigenvalue weighted by Gasteiger charge is -2.23. The molecule has 0 aliphatic carbocycles. The number of anilines is 1. The van der Waals surface area contributed by atoms with Crippen LogP contribution in [0.3, 0.4) is 0 Å². The molecule has 1 heterocycles. The Bertz CT molecular complexity index is 1000. The molecule has 0 fully saturated rings. The fourth-order valence-corrected chi connectivity index (χ4v) is 5.16. The summed E-state index contributed by atoms with van der Waals surface area (Å²) in [6, 6.07) is 9.73. The molecular weight excluding hydrogens is 412 g/mol. The first-order valence-electron chi connectivity index (χ1n) is 9.80. The summed E-state index contributed by atoms with van der Waals surface area (Å²) >= 11 is 6.37. The number of unbranched alkanes of at least 4 members (excludes halogenated alkanes) is 2. The lowest BCUT2D eigenvalue weighted by molar-refractivity contribution is 0.102. The largest absolute Gasteiger partial charge is 0.454 e. The van der Waals surface area contributed by atoms with Gasteiger partial charge in [-0.1, -0.05) is 50.4 Å². The number of ether oxygens (including phenoxy) is 1. The molecule has 0 radical (unpaired) electrons. The Morgan fingerprint density at radius 3 is 2.34 bits per heavy atom. The van der Waals surface area contributed by atoms with Crippen LogP contribution in [-0.4, -0.2) is 31.7 Å². The van der Waals surface area contributed by atoms with Crippen molar-refractivity contribution in [2.45, 2.75) is 44.4 Å². The van der Waals surface area contributed by atoms with Crippen molar-refractivity contribution >= 4 is 33.2 Å². The van der Waals surface area contributed by atoms with Crippen molar-refractivity contribution in [3.05, 3.63) is 47.0 Å². The van der Waals surface area contributed by atoms with Gasteiger partial charge in [-0.05, 0) is 31.0 Å². The van der Waals surface area contributed by atoms with E-state index in [0.29, 0.717) is 24.5 Å². The van der Waals surface area contributed by atoms with E-state index in [2.05, 4.69) is 5.32 Å². The summed E-state index contributed by atoms with van der Waals surface area (Å²) < 4.78 is 34.0. The molecule has 1 N–H and O–H groups in total. The van der Waals surface area contributed by atoms with Gasteiger partial charge >= 0.3 is 0 Å². The quantitative estimate of drug-likeness (QED) is 0.610. The van der Waals surface area contributed by atoms with Gasteiger partial charge in [0.2, 0.25) is 10.0 Å². The third kappa shape index (κ3) is 4.57. The Morgan fingerprint density at radius 2 is 1.69 bits per heavy atom. The number of fused-ring (bicyclic) bond motifs is 2. The zero-order valence-electron chi connectivity index (χ0n) is 16.6. The minimum absolute atomic E-state index is 0.0360. The number of sulfonamides is 1. The van der Waals surface area contributed by atoms with E-state index in [1.54, 1.807) is 24.3 Å². The second kappa shape index (κ2) is 9.15. The van der Waals surface area contributed by atoms with E-state index in [9.17, 15) is 13.2 Å². The first-order chi connectivity index (χ1) is 13.9. The summed E-state index contributed by atoms with van der Waals surface area (Å²) in [6.07, 6.45) is 3.27. The molecule has 2 aromatic rings. The van der Waals surface area contributed by atoms with Gasteiger partial charge in [-0.3, -0.25) is 4.79 Å². The summed E-state index contributed by atoms with van der Waals surface area (Å²) in [5, 5.41) is 2.80. The fourth-order valence-electron chi connectivity index (χ4n) is 3.12. The molecule has 0 saturated carbocycles. The summed E-state index contributed by atoms with van der Waals surface area (Å²) in [5.41, 5.74) is 0.650. The van der Waals surface area contributed by atoms with Crippen LogP contribution in [0.4, 0.5) is 5.69 Å². The Morgan fingerprint density at radius 1 is 1.03 bits per heavy atom. The Hall–Kier alpha value is -2.09. The van der Waals surface area contributed by atoms with E-state index in [-0.39, 0.29) is 21.2 Å². The van der Waals surface area contributed by atoms with E-state index in [1.165, 1.54) is 16.4 Å². The molecule has 3 rings (SSSR count). The molecule has 0 aromatic heterocycles. The van der Waals surface area contributed by atoms with Crippen LogP contribution in [0.5, 0.6) is 11.5 Å². The number of amides is 1. The summed E-state index contributed by atoms with van der Waals surface area (Å²) in [4.78, 5) is 12.7. The lowest BCUT2D eigenvalue weighted by atomic mass is 10.2. The molecule has 8 heteroatoms. The first-order valence-corrected chi connectivity index (χ1v) is 11.6. The van der Waals surface area contributed by atoms with Gasteiger partial charge in [-0.2, -0.15) is 4.31 Å². The van der Waals surface area contributed by atoms with Crippen molar-refractivity contribution in [2.24, 2.45) is 0 Å². The van der Waals surface area contributed by atoms with Crippen molar-refractivity contribution in [3.63, 3.8) is 0 Å². The smallest absolute Gasteiger partial charge is 0.259 e. The molecule has 0 saturated heterocycles. The zero-order chi connectivity index (χ0) is 21.0. The van der Waals surface area contributed by atoms with Crippen LogP contribution < -0.4 is 10.1 Å². The third-order valence-electron chi connectivity index (χ3n) is 4.77. The maximum atomic E-state index is 13.3. The second-order valence-corrected chi connectivity index (χ2v) is 9.26. The molecule has 156 valence electrons. The Balaban J connectivity index is 2.03. The van der Waals surface area contributed by atoms with Crippen LogP contribution >= 0.6 is 11.6 Å². The molecule has 0 spiro atoms. The molecule has 29 heavy (non-hydrogen) atoms. The van der Waals surface area contributed by atoms with Crippen molar-refractivity contribution in [3.8, 4) is 11.5 Å². The maximum absolute atomic E-state index is 13.3. The number of benzene rings is 2. The van der Waals surface area contributed by atoms with Gasteiger partial charge in [0.15, 0.2) is 5.75 Å². The lowest BCUT2D eigenvalue weighted by Crippen LogP contribution is -2.33. The average molecular weight is 437 g/mol. The van der Waals surface area contributed by atoms with E-state index in [4.69, 9.17) is 16.3 Å². The van der Waals surface area contributed by atoms with Crippen molar-refractivity contribution in [2.75, 3.05) is 18.4 Å². The number of nitrogens with zero attached hydrogens (tertiary/aromatic N) is 1. The van der Waals surface area contributed by atoms with Gasteiger partial charge in [-0.15, -0.1) is 0 Å². The van der Waals surface area contributed by atoms with Crippen LogP contribution in [0.2, 0.25) is 5.02 Å². The third-order valence-corrected chi connectivity index (χ3v) is 7.14. The van der Waals surface area contributed by atoms with E-state index in [1.807, 2.05) is 13.8 Å². The van der Waals surface area contributed by atoms with Gasteiger partial charge in [0.1, 0.15) is 10.6 Å². The van der Waals surface area contributed by atoms with Gasteiger partial charge < -0.3 is 10.1 Å². The molecule has 0 atom stereocenters. The highest BCUT2D eigenvalue weighted by Crippen LogP contribution is 2.39. The maximum Gasteiger partial charge on any atom is 0.259 e. The van der Waals surface area contributed by atoms with E-state index < -0.39 is 15.9 Å². The SMILES string of the molecule is CCCCN(CCCC)S(=O)(=O)c1cc2c(cc1Cl)Oc1ccccc1NC2=O. The number of rotatable bonds is 8. The van der Waals surface area contributed by atoms with Crippen molar-refractivity contribution in [1.29, 1.82) is 0 Å². The van der Waals surface area contributed by atoms with Gasteiger partial charge in [0.25, 0.3) is 5.91 Å². The standard InChI is InChI=1S/C21H25ClN2O4S/c1-3-5-11-24(12-6-4-2)29(26,27)20-13-15-19(14-16(20)22)28-18-10-8-7-9-17(18)23-21(15)25/h7-10,13-14H,3-6,11-12H2,1-2H3,(H,23,25). The number of hydrogen-bond acceptors (Lipinski definition) is 4. The van der Waals surface area contributed by atoms with Crippen LogP contribution in [0.1, 0.15) is 49.9 Å². The molecule has 1 aliphatic heterocycles. The minimum Gasteiger partial charge on any atom is -0.454 e. The first kappa shape index (κ1) is 21.6. The van der Waals surface area contributed by atoms with Crippen LogP contribution in [0.15, 0.2) is 41.3 Å². The second-order valence-electron chi connectivity index (χ2n) is 6.94. The molecule has 1 aliphatic rings. The van der Waals surface area contributed by atoms with E-state index in [0.717, 1.165) is 25.7 Å². The highest BCUT2D eigenvalue weighted by atomic mass is 35.5. The molecular formula is C21H25ClN2O4S. The summed E-state index contributed by atoms with van der Waals surface area (Å²) in [5.74, 6) is 0.260. The molecule has 1 amide bonds. The normalized spacial score (nSPS) is 13.3. The van der Waals surface area contributed by atoms with Gasteiger partial charge in [0.05, 0.1) is 16.3 Å². The number of hydrogen-bond donors (Lipinski definition) is 1. The summed E-state index contributed by atoms with van der Waals surface area (Å²) in [6.45, 7) is 4.86. The highest BCUT2D eigenvalue weighted by Gasteiger charge is 2.30. The van der Waals surface area contributed by atoms with Crippen LogP contribution in [0.25, 0.3) is 0 Å². The highest BCUT2D eigenvalue weighted by molar-refractivity contribution is 7.89. The predicted octanol–water partition coefficient (Wildman–Crippen LogP) is 5.29. The van der Waals surface area contributed by atoms with Crippen LogP contribution in [-0.2, 0) is 10.0 Å². The number of carbonyl (C=O) groups is 1. The predicted molar refractivity (Wildman–Crippen MR) is 114 cm³/mol. The minimum atomic E-state index is -3.85. The number of carbonyl (C=O) groups excluding carboxylic acids is 1. The summed E-state index contributed by atoms with van der Waals surface area (Å²) in [7, 11) is -3.85. The van der Waals surface area contributed by atoms with Crippen molar-refractivity contribution < 1.29 is 17.9 Å². The van der Waals surface area contributed by atoms with Gasteiger partial charge in [0, 0.05) is 19.2 Å². The van der Waals surface area contributed by atoms with Crippen LogP contribution in [0, 0.1) is 0 Å². The zero-order valence-corrected chi connectivity index (χ0v) is 18.1. The Labute approximate surface area is 176 Å². The van der Waals surface area contributed by atoms with Crippen molar-refractivity contribution in [1.82, 2.24) is 4.31 Å². The number of nitrogens with one attached hydrogen (secondary N) is 1. The average Bonchev–Trinajstić information content (AvgIpc) is 2.82. The monoisotopic (exact) mass is 436 g/mol. The fraction of sp³-hybridized carbons (Fsp3) is 0.381.